The van der Waals surface area contributed by atoms with Crippen molar-refractivity contribution in [1.82, 2.24) is 4.90 Å². The van der Waals surface area contributed by atoms with Crippen LogP contribution in [0.15, 0.2) is 63.8 Å². The van der Waals surface area contributed by atoms with E-state index in [1.54, 1.807) is 18.2 Å². The molecule has 0 N–H and O–H groups in total. The first-order valence-electron chi connectivity index (χ1n) is 11.6. The SMILES string of the molecule is COc1cccc(Oc2c(C(F)(F)F)oc3c4c(ccc3c2=O)OCN(Cc2ccc3c(c2)OCO3)C4)c1. The minimum Gasteiger partial charge on any atom is -0.497 e. The van der Waals surface area contributed by atoms with E-state index in [1.165, 1.54) is 31.4 Å². The van der Waals surface area contributed by atoms with Crippen molar-refractivity contribution in [3.05, 3.63) is 81.7 Å². The fraction of sp³-hybridized carbons (Fsp3) is 0.222. The van der Waals surface area contributed by atoms with Gasteiger partial charge in [-0.05, 0) is 42.0 Å². The van der Waals surface area contributed by atoms with Gasteiger partial charge < -0.3 is 28.1 Å². The van der Waals surface area contributed by atoms with Crippen LogP contribution in [0.2, 0.25) is 0 Å². The molecule has 11 heteroatoms. The van der Waals surface area contributed by atoms with E-state index in [1.807, 2.05) is 17.0 Å². The standard InChI is InChI=1S/C27H20F3NO7/c1-33-16-3-2-4-17(10-16)37-25-23(32)18-6-8-20-19(24(18)38-26(25)27(28,29)30)12-31(13-34-20)11-15-5-7-21-22(9-15)36-14-35-21/h2-10H,11-14H2,1H3. The summed E-state index contributed by atoms with van der Waals surface area (Å²) in [4.78, 5) is 15.2. The lowest BCUT2D eigenvalue weighted by Crippen LogP contribution is -2.32. The van der Waals surface area contributed by atoms with Gasteiger partial charge in [-0.2, -0.15) is 13.2 Å². The van der Waals surface area contributed by atoms with Crippen LogP contribution in [0.1, 0.15) is 16.9 Å². The minimum absolute atomic E-state index is 0.00213. The lowest BCUT2D eigenvalue weighted by molar-refractivity contribution is -0.154. The molecule has 6 rings (SSSR count). The van der Waals surface area contributed by atoms with Crippen molar-refractivity contribution >= 4 is 11.0 Å². The highest BCUT2D eigenvalue weighted by atomic mass is 19.4. The molecule has 0 atom stereocenters. The normalized spacial score (nSPS) is 14.7. The van der Waals surface area contributed by atoms with Gasteiger partial charge in [0.2, 0.25) is 18.0 Å². The van der Waals surface area contributed by atoms with Gasteiger partial charge in [-0.1, -0.05) is 12.1 Å². The number of hydrogen-bond acceptors (Lipinski definition) is 8. The Balaban J connectivity index is 1.39. The zero-order chi connectivity index (χ0) is 26.4. The molecule has 196 valence electrons. The highest BCUT2D eigenvalue weighted by Gasteiger charge is 2.41. The summed E-state index contributed by atoms with van der Waals surface area (Å²) in [5.74, 6) is -0.514. The van der Waals surface area contributed by atoms with Crippen molar-refractivity contribution in [3.8, 4) is 34.5 Å². The van der Waals surface area contributed by atoms with Gasteiger partial charge in [0.1, 0.15) is 29.6 Å². The molecule has 0 saturated heterocycles. The molecule has 38 heavy (non-hydrogen) atoms. The highest BCUT2D eigenvalue weighted by Crippen LogP contribution is 2.41. The number of nitrogens with zero attached hydrogens (tertiary/aromatic N) is 1. The molecule has 0 spiro atoms. The quantitative estimate of drug-likeness (QED) is 0.328. The molecular weight excluding hydrogens is 507 g/mol. The summed E-state index contributed by atoms with van der Waals surface area (Å²) in [6.45, 7) is 0.951. The van der Waals surface area contributed by atoms with Gasteiger partial charge in [-0.25, -0.2) is 0 Å². The number of rotatable bonds is 5. The Bertz CT molecular complexity index is 1600. The number of fused-ring (bicyclic) bond motifs is 4. The molecule has 2 aliphatic rings. The van der Waals surface area contributed by atoms with Crippen molar-refractivity contribution in [2.45, 2.75) is 19.3 Å². The molecule has 8 nitrogen and oxygen atoms in total. The smallest absolute Gasteiger partial charge is 0.453 e. The summed E-state index contributed by atoms with van der Waals surface area (Å²) in [6, 6.07) is 14.4. The molecule has 3 heterocycles. The molecule has 0 unspecified atom stereocenters. The molecule has 0 fully saturated rings. The van der Waals surface area contributed by atoms with Crippen LogP contribution in [-0.2, 0) is 19.3 Å². The van der Waals surface area contributed by atoms with Gasteiger partial charge in [0.25, 0.3) is 5.76 Å². The first-order valence-corrected chi connectivity index (χ1v) is 11.6. The molecule has 0 saturated carbocycles. The van der Waals surface area contributed by atoms with E-state index in [0.29, 0.717) is 35.1 Å². The third-order valence-corrected chi connectivity index (χ3v) is 6.22. The summed E-state index contributed by atoms with van der Waals surface area (Å²) in [5, 5.41) is -0.0526. The Morgan fingerprint density at radius 2 is 1.74 bits per heavy atom. The Kier molecular flexibility index (Phi) is 5.79. The van der Waals surface area contributed by atoms with Gasteiger partial charge in [0.05, 0.1) is 18.1 Å². The van der Waals surface area contributed by atoms with Crippen LogP contribution in [0.5, 0.6) is 34.5 Å². The highest BCUT2D eigenvalue weighted by molar-refractivity contribution is 5.84. The third-order valence-electron chi connectivity index (χ3n) is 6.22. The molecule has 1 aromatic heterocycles. The zero-order valence-electron chi connectivity index (χ0n) is 20.0. The van der Waals surface area contributed by atoms with Gasteiger partial charge >= 0.3 is 6.18 Å². The van der Waals surface area contributed by atoms with E-state index in [4.69, 9.17) is 28.1 Å². The Labute approximate surface area is 213 Å². The average Bonchev–Trinajstić information content (AvgIpc) is 3.37. The van der Waals surface area contributed by atoms with Crippen LogP contribution in [0.3, 0.4) is 0 Å². The first kappa shape index (κ1) is 24.0. The fourth-order valence-electron chi connectivity index (χ4n) is 4.45. The molecular formula is C27H20F3NO7. The van der Waals surface area contributed by atoms with E-state index in [2.05, 4.69) is 0 Å². The second-order valence-electron chi connectivity index (χ2n) is 8.74. The van der Waals surface area contributed by atoms with Crippen LogP contribution in [0.4, 0.5) is 13.2 Å². The number of benzene rings is 3. The summed E-state index contributed by atoms with van der Waals surface area (Å²) >= 11 is 0. The van der Waals surface area contributed by atoms with Crippen molar-refractivity contribution in [1.29, 1.82) is 0 Å². The molecule has 0 amide bonds. The molecule has 0 radical (unpaired) electrons. The molecule has 3 aromatic carbocycles. The van der Waals surface area contributed by atoms with Gasteiger partial charge in [-0.3, -0.25) is 9.69 Å². The van der Waals surface area contributed by atoms with Crippen molar-refractivity contribution in [3.63, 3.8) is 0 Å². The van der Waals surface area contributed by atoms with Crippen LogP contribution in [-0.4, -0.2) is 25.5 Å². The monoisotopic (exact) mass is 527 g/mol. The maximum atomic E-state index is 14.1. The molecule has 2 aliphatic heterocycles. The number of ether oxygens (including phenoxy) is 5. The number of halogens is 3. The number of alkyl halides is 3. The van der Waals surface area contributed by atoms with Crippen LogP contribution in [0, 0.1) is 0 Å². The van der Waals surface area contributed by atoms with Gasteiger partial charge in [-0.15, -0.1) is 0 Å². The van der Waals surface area contributed by atoms with Crippen LogP contribution < -0.4 is 29.1 Å². The van der Waals surface area contributed by atoms with E-state index in [-0.39, 0.29) is 36.8 Å². The zero-order valence-corrected chi connectivity index (χ0v) is 20.0. The first-order chi connectivity index (χ1) is 18.3. The van der Waals surface area contributed by atoms with Crippen molar-refractivity contribution in [2.75, 3.05) is 20.6 Å². The molecule has 0 aliphatic carbocycles. The summed E-state index contributed by atoms with van der Waals surface area (Å²) in [5.41, 5.74) is 0.0864. The summed E-state index contributed by atoms with van der Waals surface area (Å²) in [7, 11) is 1.41. The number of methoxy groups -OCH3 is 1. The van der Waals surface area contributed by atoms with Crippen molar-refractivity contribution < 1.29 is 41.3 Å². The second-order valence-corrected chi connectivity index (χ2v) is 8.74. The van der Waals surface area contributed by atoms with E-state index >= 15 is 0 Å². The predicted octanol–water partition coefficient (Wildman–Crippen LogP) is 5.69. The topological polar surface area (TPSA) is 79.6 Å². The van der Waals surface area contributed by atoms with Crippen molar-refractivity contribution in [2.24, 2.45) is 0 Å². The second kappa shape index (κ2) is 9.18. The van der Waals surface area contributed by atoms with E-state index in [0.717, 1.165) is 5.56 Å². The third kappa shape index (κ3) is 4.34. The summed E-state index contributed by atoms with van der Waals surface area (Å²) < 4.78 is 74.8. The van der Waals surface area contributed by atoms with E-state index < -0.39 is 23.1 Å². The predicted molar refractivity (Wildman–Crippen MR) is 128 cm³/mol. The molecule has 0 bridgehead atoms. The lowest BCUT2D eigenvalue weighted by Gasteiger charge is -2.29. The average molecular weight is 527 g/mol. The summed E-state index contributed by atoms with van der Waals surface area (Å²) in [6.07, 6.45) is -4.99. The maximum absolute atomic E-state index is 14.1. The fourth-order valence-corrected chi connectivity index (χ4v) is 4.45. The van der Waals surface area contributed by atoms with E-state index in [9.17, 15) is 18.0 Å². The largest absolute Gasteiger partial charge is 0.497 e. The lowest BCUT2D eigenvalue weighted by atomic mass is 10.1. The van der Waals surface area contributed by atoms with Gasteiger partial charge in [0.15, 0.2) is 11.5 Å². The number of hydrogen-bond donors (Lipinski definition) is 0. The minimum atomic E-state index is -4.99. The van der Waals surface area contributed by atoms with Crippen LogP contribution in [0.25, 0.3) is 11.0 Å². The Morgan fingerprint density at radius 3 is 2.55 bits per heavy atom. The maximum Gasteiger partial charge on any atom is 0.453 e. The Morgan fingerprint density at radius 1 is 0.947 bits per heavy atom. The van der Waals surface area contributed by atoms with Gasteiger partial charge in [0, 0.05) is 19.2 Å². The van der Waals surface area contributed by atoms with Crippen LogP contribution >= 0.6 is 0 Å². The molecule has 4 aromatic rings. The Hall–Kier alpha value is -4.38.